The Morgan fingerprint density at radius 1 is 1.19 bits per heavy atom. The van der Waals surface area contributed by atoms with E-state index < -0.39 is 0 Å². The van der Waals surface area contributed by atoms with Crippen LogP contribution in [0.4, 0.5) is 4.79 Å². The van der Waals surface area contributed by atoms with Crippen molar-refractivity contribution in [2.24, 2.45) is 5.92 Å². The van der Waals surface area contributed by atoms with E-state index >= 15 is 0 Å². The van der Waals surface area contributed by atoms with Crippen LogP contribution in [0.15, 0.2) is 42.7 Å². The number of carbonyl (C=O) groups is 2. The van der Waals surface area contributed by atoms with Gasteiger partial charge in [0.2, 0.25) is 5.91 Å². The van der Waals surface area contributed by atoms with Gasteiger partial charge in [-0.15, -0.1) is 0 Å². The molecule has 0 radical (unpaired) electrons. The molecule has 0 unspecified atom stereocenters. The van der Waals surface area contributed by atoms with Crippen LogP contribution < -0.4 is 5.32 Å². The third kappa shape index (κ3) is 4.87. The second kappa shape index (κ2) is 8.70. The van der Waals surface area contributed by atoms with Crippen LogP contribution in [0.1, 0.15) is 18.4 Å². The lowest BCUT2D eigenvalue weighted by molar-refractivity contribution is -0.126. The topological polar surface area (TPSA) is 70.5 Å². The summed E-state index contributed by atoms with van der Waals surface area (Å²) in [7, 11) is 3.51. The van der Waals surface area contributed by atoms with Crippen LogP contribution in [0.5, 0.6) is 0 Å². The summed E-state index contributed by atoms with van der Waals surface area (Å²) in [6, 6.07) is 10.1. The molecule has 0 saturated carbocycles. The number of carbonyl (C=O) groups excluding carboxylic acids is 2. The van der Waals surface area contributed by atoms with Gasteiger partial charge in [-0.05, 0) is 43.0 Å². The van der Waals surface area contributed by atoms with Crippen molar-refractivity contribution in [3.63, 3.8) is 0 Å². The number of benzene rings is 1. The summed E-state index contributed by atoms with van der Waals surface area (Å²) in [5.74, 6) is 0.0958. The Bertz CT molecular complexity index is 747. The molecule has 2 heterocycles. The van der Waals surface area contributed by atoms with E-state index in [1.807, 2.05) is 34.0 Å². The van der Waals surface area contributed by atoms with Gasteiger partial charge in [-0.3, -0.25) is 4.79 Å². The quantitative estimate of drug-likeness (QED) is 0.875. The summed E-state index contributed by atoms with van der Waals surface area (Å²) in [5, 5.41) is 7.25. The summed E-state index contributed by atoms with van der Waals surface area (Å²) in [6.45, 7) is 1.91. The van der Waals surface area contributed by atoms with Crippen molar-refractivity contribution in [3.05, 3.63) is 48.3 Å². The molecule has 144 valence electrons. The van der Waals surface area contributed by atoms with Crippen molar-refractivity contribution >= 4 is 11.9 Å². The number of piperidine rings is 1. The summed E-state index contributed by atoms with van der Waals surface area (Å²) >= 11 is 0. The third-order valence-electron chi connectivity index (χ3n) is 4.94. The molecule has 1 fully saturated rings. The van der Waals surface area contributed by atoms with Crippen LogP contribution in [0, 0.1) is 5.92 Å². The van der Waals surface area contributed by atoms with Gasteiger partial charge in [0.25, 0.3) is 0 Å². The molecule has 7 nitrogen and oxygen atoms in total. The second-order valence-electron chi connectivity index (χ2n) is 7.10. The lowest BCUT2D eigenvalue weighted by Gasteiger charge is -2.33. The van der Waals surface area contributed by atoms with Crippen molar-refractivity contribution in [2.75, 3.05) is 33.7 Å². The number of amides is 3. The van der Waals surface area contributed by atoms with Crippen molar-refractivity contribution in [1.82, 2.24) is 24.9 Å². The third-order valence-corrected chi connectivity index (χ3v) is 4.94. The number of urea groups is 1. The highest BCUT2D eigenvalue weighted by Gasteiger charge is 2.27. The van der Waals surface area contributed by atoms with Gasteiger partial charge in [0.1, 0.15) is 0 Å². The number of hydrogen-bond donors (Lipinski definition) is 1. The maximum absolute atomic E-state index is 12.4. The Kier molecular flexibility index (Phi) is 6.11. The lowest BCUT2D eigenvalue weighted by Crippen LogP contribution is -2.46. The normalized spacial score (nSPS) is 14.8. The zero-order valence-corrected chi connectivity index (χ0v) is 16.0. The van der Waals surface area contributed by atoms with Gasteiger partial charge >= 0.3 is 6.03 Å². The zero-order chi connectivity index (χ0) is 19.2. The van der Waals surface area contributed by atoms with E-state index in [0.717, 1.165) is 24.9 Å². The minimum atomic E-state index is -0.00148. The first-order chi connectivity index (χ1) is 13.0. The molecular formula is C20H27N5O2. The fourth-order valence-electron chi connectivity index (χ4n) is 3.33. The highest BCUT2D eigenvalue weighted by Crippen LogP contribution is 2.18. The molecule has 1 N–H and O–H groups in total. The summed E-state index contributed by atoms with van der Waals surface area (Å²) in [4.78, 5) is 27.7. The Hall–Kier alpha value is -2.83. The van der Waals surface area contributed by atoms with E-state index in [0.29, 0.717) is 19.6 Å². The van der Waals surface area contributed by atoms with Crippen molar-refractivity contribution < 1.29 is 9.59 Å². The number of hydrogen-bond acceptors (Lipinski definition) is 3. The van der Waals surface area contributed by atoms with Crippen molar-refractivity contribution in [3.8, 4) is 5.69 Å². The molecule has 3 amide bonds. The van der Waals surface area contributed by atoms with Crippen LogP contribution in [-0.2, 0) is 11.2 Å². The molecule has 1 saturated heterocycles. The Morgan fingerprint density at radius 2 is 1.89 bits per heavy atom. The van der Waals surface area contributed by atoms with Gasteiger partial charge in [-0.25, -0.2) is 9.48 Å². The Morgan fingerprint density at radius 3 is 2.48 bits per heavy atom. The SMILES string of the molecule is CN(C)C(=O)N1CCC(C(=O)NCCc2ccc(-n3cccn3)cc2)CC1. The molecular weight excluding hydrogens is 342 g/mol. The molecule has 1 aromatic heterocycles. The minimum absolute atomic E-state index is 0.00148. The maximum Gasteiger partial charge on any atom is 0.319 e. The lowest BCUT2D eigenvalue weighted by atomic mass is 9.96. The average Bonchev–Trinajstić information content (AvgIpc) is 3.22. The van der Waals surface area contributed by atoms with Gasteiger partial charge in [0.05, 0.1) is 5.69 Å². The first-order valence-electron chi connectivity index (χ1n) is 9.37. The van der Waals surface area contributed by atoms with Crippen LogP contribution in [0.3, 0.4) is 0 Å². The highest BCUT2D eigenvalue weighted by molar-refractivity contribution is 5.79. The van der Waals surface area contributed by atoms with E-state index in [9.17, 15) is 9.59 Å². The number of aromatic nitrogens is 2. The molecule has 27 heavy (non-hydrogen) atoms. The van der Waals surface area contributed by atoms with Gasteiger partial charge in [0.15, 0.2) is 0 Å². The van der Waals surface area contributed by atoms with Crippen molar-refractivity contribution in [2.45, 2.75) is 19.3 Å². The van der Waals surface area contributed by atoms with E-state index in [1.54, 1.807) is 25.2 Å². The number of likely N-dealkylation sites (tertiary alicyclic amines) is 1. The molecule has 2 aromatic rings. The predicted octanol–water partition coefficient (Wildman–Crippen LogP) is 1.92. The summed E-state index contributed by atoms with van der Waals surface area (Å²) in [5.41, 5.74) is 2.20. The van der Waals surface area contributed by atoms with Gasteiger partial charge in [-0.2, -0.15) is 5.10 Å². The number of nitrogens with one attached hydrogen (secondary N) is 1. The molecule has 7 heteroatoms. The summed E-state index contributed by atoms with van der Waals surface area (Å²) < 4.78 is 1.82. The largest absolute Gasteiger partial charge is 0.356 e. The fraction of sp³-hybridized carbons (Fsp3) is 0.450. The second-order valence-corrected chi connectivity index (χ2v) is 7.10. The van der Waals surface area contributed by atoms with Crippen LogP contribution in [0.25, 0.3) is 5.69 Å². The molecule has 1 aromatic carbocycles. The number of rotatable bonds is 5. The average molecular weight is 369 g/mol. The monoisotopic (exact) mass is 369 g/mol. The molecule has 0 spiro atoms. The molecule has 0 aliphatic carbocycles. The highest BCUT2D eigenvalue weighted by atomic mass is 16.2. The minimum Gasteiger partial charge on any atom is -0.356 e. The van der Waals surface area contributed by atoms with Crippen LogP contribution in [0.2, 0.25) is 0 Å². The predicted molar refractivity (Wildman–Crippen MR) is 104 cm³/mol. The Labute approximate surface area is 159 Å². The van der Waals surface area contributed by atoms with Gasteiger partial charge < -0.3 is 15.1 Å². The molecule has 0 bridgehead atoms. The molecule has 3 rings (SSSR count). The maximum atomic E-state index is 12.4. The number of nitrogens with zero attached hydrogens (tertiary/aromatic N) is 4. The van der Waals surface area contributed by atoms with E-state index in [1.165, 1.54) is 5.56 Å². The van der Waals surface area contributed by atoms with Crippen LogP contribution >= 0.6 is 0 Å². The summed E-state index contributed by atoms with van der Waals surface area (Å²) in [6.07, 6.45) is 5.91. The molecule has 0 atom stereocenters. The first-order valence-corrected chi connectivity index (χ1v) is 9.37. The van der Waals surface area contributed by atoms with E-state index in [-0.39, 0.29) is 17.9 Å². The van der Waals surface area contributed by atoms with E-state index in [2.05, 4.69) is 22.5 Å². The van der Waals surface area contributed by atoms with Crippen LogP contribution in [-0.4, -0.2) is 65.2 Å². The standard InChI is InChI=1S/C20H27N5O2/c1-23(2)20(27)24-14-9-17(10-15-24)19(26)21-12-8-16-4-6-18(7-5-16)25-13-3-11-22-25/h3-7,11,13,17H,8-10,12,14-15H2,1-2H3,(H,21,26). The van der Waals surface area contributed by atoms with Crippen molar-refractivity contribution in [1.29, 1.82) is 0 Å². The smallest absolute Gasteiger partial charge is 0.319 e. The van der Waals surface area contributed by atoms with Gasteiger partial charge in [0, 0.05) is 52.0 Å². The first kappa shape index (κ1) is 18.9. The zero-order valence-electron chi connectivity index (χ0n) is 16.0. The van der Waals surface area contributed by atoms with E-state index in [4.69, 9.17) is 0 Å². The molecule has 1 aliphatic heterocycles. The molecule has 1 aliphatic rings. The fourth-order valence-corrected chi connectivity index (χ4v) is 3.33. The Balaban J connectivity index is 1.40. The van der Waals surface area contributed by atoms with Gasteiger partial charge in [-0.1, -0.05) is 12.1 Å².